The quantitative estimate of drug-likeness (QED) is 0.819. The first kappa shape index (κ1) is 16.2. The van der Waals surface area contributed by atoms with Crippen LogP contribution >= 0.6 is 11.3 Å². The Morgan fingerprint density at radius 3 is 2.65 bits per heavy atom. The second-order valence-corrected chi connectivity index (χ2v) is 7.70. The summed E-state index contributed by atoms with van der Waals surface area (Å²) in [4.78, 5) is 20.1. The van der Waals surface area contributed by atoms with Gasteiger partial charge in [-0.15, -0.1) is 11.3 Å². The lowest BCUT2D eigenvalue weighted by molar-refractivity contribution is 0.0734. The molecule has 2 aromatic heterocycles. The smallest absolute Gasteiger partial charge is 0.276 e. The van der Waals surface area contributed by atoms with Crippen LogP contribution in [0.3, 0.4) is 0 Å². The number of rotatable bonds is 5. The van der Waals surface area contributed by atoms with Crippen LogP contribution in [-0.2, 0) is 0 Å². The molecule has 1 amide bonds. The number of nitrogens with zero attached hydrogens (tertiary/aromatic N) is 3. The normalized spacial score (nSPS) is 15.9. The molecule has 5 nitrogen and oxygen atoms in total. The lowest BCUT2D eigenvalue weighted by atomic mass is 10.2. The zero-order chi connectivity index (χ0) is 16.7. The third-order valence-electron chi connectivity index (χ3n) is 4.35. The molecule has 0 bridgehead atoms. The van der Waals surface area contributed by atoms with Crippen LogP contribution in [0.5, 0.6) is 0 Å². The fraction of sp³-hybridized carbons (Fsp3) is 0.588. The molecule has 0 aliphatic heterocycles. The average molecular weight is 333 g/mol. The van der Waals surface area contributed by atoms with E-state index in [9.17, 15) is 4.79 Å². The first-order chi connectivity index (χ1) is 10.9. The molecule has 23 heavy (non-hydrogen) atoms. The number of hydrogen-bond donors (Lipinski definition) is 0. The van der Waals surface area contributed by atoms with Crippen molar-refractivity contribution in [2.75, 3.05) is 7.05 Å². The van der Waals surface area contributed by atoms with E-state index >= 15 is 0 Å². The van der Waals surface area contributed by atoms with E-state index in [0.29, 0.717) is 17.5 Å². The Morgan fingerprint density at radius 1 is 1.39 bits per heavy atom. The van der Waals surface area contributed by atoms with E-state index in [4.69, 9.17) is 4.52 Å². The number of thiazole rings is 1. The van der Waals surface area contributed by atoms with Crippen molar-refractivity contribution in [3.05, 3.63) is 33.1 Å². The van der Waals surface area contributed by atoms with Crippen LogP contribution < -0.4 is 0 Å². The summed E-state index contributed by atoms with van der Waals surface area (Å²) in [6.07, 6.45) is 2.26. The standard InChI is InChI=1S/C17H23N3O2S/c1-9(2)16-18-10(3)15(23-16)11(4)20(5)17(21)13-8-14(22-19-13)12-6-7-12/h8-9,11-12H,6-7H2,1-5H3/t11-/m0/s1. The van der Waals surface area contributed by atoms with Gasteiger partial charge >= 0.3 is 0 Å². The fourth-order valence-corrected chi connectivity index (χ4v) is 3.71. The Labute approximate surface area is 140 Å². The lowest BCUT2D eigenvalue weighted by Crippen LogP contribution is -2.29. The zero-order valence-corrected chi connectivity index (χ0v) is 15.1. The number of hydrogen-bond acceptors (Lipinski definition) is 5. The molecule has 1 aliphatic rings. The topological polar surface area (TPSA) is 59.2 Å². The predicted octanol–water partition coefficient (Wildman–Crippen LogP) is 4.27. The minimum atomic E-state index is -0.105. The van der Waals surface area contributed by atoms with Crippen LogP contribution in [0.15, 0.2) is 10.6 Å². The monoisotopic (exact) mass is 333 g/mol. The number of aromatic nitrogens is 2. The highest BCUT2D eigenvalue weighted by Crippen LogP contribution is 2.40. The Hall–Kier alpha value is -1.69. The fourth-order valence-electron chi connectivity index (χ4n) is 2.55. The van der Waals surface area contributed by atoms with Crippen molar-refractivity contribution < 1.29 is 9.32 Å². The summed E-state index contributed by atoms with van der Waals surface area (Å²) in [5.74, 6) is 1.60. The van der Waals surface area contributed by atoms with E-state index < -0.39 is 0 Å². The summed E-state index contributed by atoms with van der Waals surface area (Å²) < 4.78 is 5.30. The van der Waals surface area contributed by atoms with Crippen molar-refractivity contribution in [1.29, 1.82) is 0 Å². The average Bonchev–Trinajstić information content (AvgIpc) is 3.11. The first-order valence-electron chi connectivity index (χ1n) is 8.09. The van der Waals surface area contributed by atoms with Crippen LogP contribution in [0.1, 0.15) is 83.3 Å². The maximum absolute atomic E-state index is 12.7. The molecule has 0 spiro atoms. The zero-order valence-electron chi connectivity index (χ0n) is 14.3. The van der Waals surface area contributed by atoms with E-state index in [0.717, 1.165) is 34.2 Å². The van der Waals surface area contributed by atoms with Crippen molar-refractivity contribution >= 4 is 17.2 Å². The molecule has 1 aliphatic carbocycles. The lowest BCUT2D eigenvalue weighted by Gasteiger charge is -2.23. The van der Waals surface area contributed by atoms with Crippen LogP contribution in [0, 0.1) is 6.92 Å². The van der Waals surface area contributed by atoms with Crippen LogP contribution in [0.2, 0.25) is 0 Å². The molecular formula is C17H23N3O2S. The second kappa shape index (κ2) is 6.07. The van der Waals surface area contributed by atoms with Crippen molar-refractivity contribution in [3.8, 4) is 0 Å². The number of carbonyl (C=O) groups is 1. The van der Waals surface area contributed by atoms with Gasteiger partial charge in [-0.3, -0.25) is 4.79 Å². The molecule has 0 unspecified atom stereocenters. The van der Waals surface area contributed by atoms with Crippen LogP contribution in [0.25, 0.3) is 0 Å². The van der Waals surface area contributed by atoms with Crippen molar-refractivity contribution in [2.45, 2.75) is 58.4 Å². The molecule has 2 heterocycles. The number of aryl methyl sites for hydroxylation is 1. The summed E-state index contributed by atoms with van der Waals surface area (Å²) in [6.45, 7) is 8.31. The van der Waals surface area contributed by atoms with Gasteiger partial charge in [0, 0.05) is 29.8 Å². The largest absolute Gasteiger partial charge is 0.360 e. The molecule has 3 rings (SSSR count). The molecule has 1 saturated carbocycles. The maximum atomic E-state index is 12.7. The highest BCUT2D eigenvalue weighted by molar-refractivity contribution is 7.11. The van der Waals surface area contributed by atoms with Crippen LogP contribution in [0.4, 0.5) is 0 Å². The Morgan fingerprint density at radius 2 is 2.09 bits per heavy atom. The van der Waals surface area contributed by atoms with Gasteiger partial charge in [-0.05, 0) is 26.7 Å². The molecule has 0 saturated heterocycles. The van der Waals surface area contributed by atoms with E-state index in [2.05, 4.69) is 24.0 Å². The molecule has 2 aromatic rings. The van der Waals surface area contributed by atoms with Crippen molar-refractivity contribution in [1.82, 2.24) is 15.0 Å². The predicted molar refractivity (Wildman–Crippen MR) is 89.9 cm³/mol. The van der Waals surface area contributed by atoms with E-state index in [1.165, 1.54) is 0 Å². The highest BCUT2D eigenvalue weighted by atomic mass is 32.1. The number of amides is 1. The Kier molecular flexibility index (Phi) is 4.27. The maximum Gasteiger partial charge on any atom is 0.276 e. The van der Waals surface area contributed by atoms with E-state index in [1.807, 2.05) is 20.9 Å². The summed E-state index contributed by atoms with van der Waals surface area (Å²) in [5.41, 5.74) is 1.40. The van der Waals surface area contributed by atoms with E-state index in [1.54, 1.807) is 22.3 Å². The van der Waals surface area contributed by atoms with Crippen LogP contribution in [-0.4, -0.2) is 28.0 Å². The minimum absolute atomic E-state index is 0.0337. The van der Waals surface area contributed by atoms with Gasteiger partial charge in [-0.25, -0.2) is 4.98 Å². The van der Waals surface area contributed by atoms with Gasteiger partial charge in [-0.1, -0.05) is 19.0 Å². The summed E-state index contributed by atoms with van der Waals surface area (Å²) in [7, 11) is 1.81. The molecule has 0 N–H and O–H groups in total. The first-order valence-corrected chi connectivity index (χ1v) is 8.91. The van der Waals surface area contributed by atoms with Gasteiger partial charge in [-0.2, -0.15) is 0 Å². The molecule has 6 heteroatoms. The van der Waals surface area contributed by atoms with Gasteiger partial charge in [0.2, 0.25) is 0 Å². The van der Waals surface area contributed by atoms with Crippen molar-refractivity contribution in [3.63, 3.8) is 0 Å². The van der Waals surface area contributed by atoms with Gasteiger partial charge in [0.25, 0.3) is 5.91 Å². The highest BCUT2D eigenvalue weighted by Gasteiger charge is 2.30. The molecule has 1 atom stereocenters. The molecule has 124 valence electrons. The third-order valence-corrected chi connectivity index (χ3v) is 5.98. The molecular weight excluding hydrogens is 310 g/mol. The summed E-state index contributed by atoms with van der Waals surface area (Å²) >= 11 is 1.69. The summed E-state index contributed by atoms with van der Waals surface area (Å²) in [5, 5.41) is 5.07. The van der Waals surface area contributed by atoms with Crippen molar-refractivity contribution in [2.24, 2.45) is 0 Å². The number of carbonyl (C=O) groups excluding carboxylic acids is 1. The van der Waals surface area contributed by atoms with Gasteiger partial charge in [0.1, 0.15) is 5.76 Å². The van der Waals surface area contributed by atoms with Gasteiger partial charge < -0.3 is 9.42 Å². The SMILES string of the molecule is Cc1nc(C(C)C)sc1[C@H](C)N(C)C(=O)c1cc(C2CC2)on1. The van der Waals surface area contributed by atoms with Gasteiger partial charge in [0.15, 0.2) is 5.69 Å². The van der Waals surface area contributed by atoms with E-state index in [-0.39, 0.29) is 11.9 Å². The van der Waals surface area contributed by atoms with Gasteiger partial charge in [0.05, 0.1) is 16.7 Å². The Balaban J connectivity index is 1.77. The third kappa shape index (κ3) is 3.17. The molecule has 1 fully saturated rings. The Bertz CT molecular complexity index is 715. The second-order valence-electron chi connectivity index (χ2n) is 6.64. The molecule has 0 aromatic carbocycles. The molecule has 0 radical (unpaired) electrons. The minimum Gasteiger partial charge on any atom is -0.360 e. The summed E-state index contributed by atoms with van der Waals surface area (Å²) in [6, 6.07) is 1.76.